The van der Waals surface area contributed by atoms with E-state index >= 15 is 0 Å². The molecule has 8 heterocycles. The number of furan rings is 1. The highest BCUT2D eigenvalue weighted by Gasteiger charge is 2.25. The van der Waals surface area contributed by atoms with Gasteiger partial charge in [0.2, 0.25) is 11.9 Å². The van der Waals surface area contributed by atoms with Crippen LogP contribution in [-0.2, 0) is 0 Å². The van der Waals surface area contributed by atoms with Crippen molar-refractivity contribution in [3.63, 3.8) is 0 Å². The maximum absolute atomic E-state index is 6.20. The van der Waals surface area contributed by atoms with Gasteiger partial charge in [0.05, 0.1) is 77.3 Å². The predicted molar refractivity (Wildman–Crippen MR) is 544 cm³/mol. The molecule has 0 saturated carbocycles. The Labute approximate surface area is 748 Å². The van der Waals surface area contributed by atoms with Gasteiger partial charge in [0.1, 0.15) is 11.2 Å². The minimum atomic E-state index is 0.633. The van der Waals surface area contributed by atoms with Gasteiger partial charge in [-0.25, -0.2) is 19.9 Å². The van der Waals surface area contributed by atoms with Gasteiger partial charge in [-0.2, -0.15) is 0 Å². The van der Waals surface area contributed by atoms with Crippen molar-refractivity contribution in [2.45, 2.75) is 0 Å². The number of rotatable bonds is 10. The molecule has 20 aromatic carbocycles. The average Bonchev–Trinajstić information content (AvgIpc) is 1.57. The van der Waals surface area contributed by atoms with Gasteiger partial charge in [0, 0.05) is 97.3 Å². The molecule has 0 saturated heterocycles. The van der Waals surface area contributed by atoms with Crippen LogP contribution in [0.1, 0.15) is 0 Å². The Morgan fingerprint density at radius 3 is 0.931 bits per heavy atom. The van der Waals surface area contributed by atoms with E-state index in [-0.39, 0.29) is 0 Å². The molecule has 8 aromatic heterocycles. The molecule has 0 spiro atoms. The van der Waals surface area contributed by atoms with Crippen LogP contribution in [0.15, 0.2) is 441 Å². The molecule has 0 radical (unpaired) electrons. The molecule has 0 fully saturated rings. The van der Waals surface area contributed by atoms with Crippen molar-refractivity contribution in [3.05, 3.63) is 437 Å². The molecular weight excluding hydrogens is 1600 g/mol. The number of fused-ring (bicyclic) bond motifs is 22. The SMILES string of the molecule is c1ccc2cc(-c3cc(-c4ccc5ccccc5c4)nc(-n4c5ccccc5c5cc(-c6ccc7c(c6)c6ccccc6n7-c6ccc7oc8ccccc8c7c6)ccc54)n3)ccc2c1.c1ccc2cc(-c3cc(-c4ccc5ccccc5c4)nc(-n4c5ccccc5c5cc(-c6ccc7c(c6)c6ccccc6n7-c6cccc7c6sc6ccccc67)ccc54)n3)ccc2c1. The first kappa shape index (κ1) is 73.2. The Morgan fingerprint density at radius 1 is 0.185 bits per heavy atom. The van der Waals surface area contributed by atoms with Crippen LogP contribution >= 0.6 is 11.3 Å². The van der Waals surface area contributed by atoms with Crippen LogP contribution in [-0.4, -0.2) is 38.2 Å². The lowest BCUT2D eigenvalue weighted by molar-refractivity contribution is 0.669. The summed E-state index contributed by atoms with van der Waals surface area (Å²) < 4.78 is 18.1. The number of nitrogens with zero attached hydrogens (tertiary/aromatic N) is 8. The summed E-state index contributed by atoms with van der Waals surface area (Å²) in [4.78, 5) is 21.6. The molecule has 0 aliphatic rings. The Bertz CT molecular complexity index is 9430. The van der Waals surface area contributed by atoms with Gasteiger partial charge in [-0.15, -0.1) is 11.3 Å². The van der Waals surface area contributed by atoms with Crippen LogP contribution in [0.25, 0.3) is 263 Å². The first-order valence-corrected chi connectivity index (χ1v) is 44.9. The minimum absolute atomic E-state index is 0.633. The molecule has 0 aliphatic heterocycles. The fourth-order valence-corrected chi connectivity index (χ4v) is 21.6. The fraction of sp³-hybridized carbons (Fsp3) is 0. The maximum Gasteiger partial charge on any atom is 0.235 e. The molecule has 28 aromatic rings. The van der Waals surface area contributed by atoms with Gasteiger partial charge in [0.15, 0.2) is 0 Å². The molecule has 28 rings (SSSR count). The number of thiophene rings is 1. The predicted octanol–water partition coefficient (Wildman–Crippen LogP) is 32.2. The highest BCUT2D eigenvalue weighted by Crippen LogP contribution is 2.46. The van der Waals surface area contributed by atoms with Crippen LogP contribution in [0.5, 0.6) is 0 Å². The number of hydrogen-bond donors (Lipinski definition) is 0. The van der Waals surface area contributed by atoms with Crippen molar-refractivity contribution >= 4 is 184 Å². The third-order valence-electron chi connectivity index (χ3n) is 26.6. The van der Waals surface area contributed by atoms with Crippen molar-refractivity contribution in [2.75, 3.05) is 0 Å². The third-order valence-corrected chi connectivity index (χ3v) is 27.8. The summed E-state index contributed by atoms with van der Waals surface area (Å²) in [5, 5.41) is 23.9. The fourth-order valence-electron chi connectivity index (χ4n) is 20.4. The monoisotopic (exact) mass is 1670 g/mol. The summed E-state index contributed by atoms with van der Waals surface area (Å²) >= 11 is 1.87. The van der Waals surface area contributed by atoms with E-state index in [9.17, 15) is 0 Å². The smallest absolute Gasteiger partial charge is 0.235 e. The quantitative estimate of drug-likeness (QED) is 0.136. The molecule has 0 N–H and O–H groups in total. The second-order valence-electron chi connectivity index (χ2n) is 34.0. The van der Waals surface area contributed by atoms with E-state index < -0.39 is 0 Å². The normalized spacial score (nSPS) is 12.0. The summed E-state index contributed by atoms with van der Waals surface area (Å²) in [5.41, 5.74) is 25.4. The molecule has 0 amide bonds. The molecule has 0 atom stereocenters. The van der Waals surface area contributed by atoms with Crippen molar-refractivity contribution in [2.24, 2.45) is 0 Å². The van der Waals surface area contributed by atoms with Crippen molar-refractivity contribution in [3.8, 4) is 90.6 Å². The molecule has 604 valence electrons. The number of aromatic nitrogens is 8. The standard InChI is InChI=1S/C60H36N4O.C60H36N4S/c1-3-13-39-31-43(23-21-37(39)11-1)52-36-53(44-24-22-38-12-2-4-14-40(38)32-44)62-60(61-52)64-55-19-9-6-16-47(55)50-34-42(26-29-57(50)64)41-25-28-56-49(33-41)46-15-5-8-18-54(46)63(56)45-27-30-59-51(35-45)48-17-7-10-20-58(48)65-59;1-3-14-39-32-43(26-24-37(39)12-1)51-36-52(44-27-25-38-13-2-4-15-40(38)33-44)62-60(61-51)64-54-21-9-6-17-46(54)50-35-42(29-31-56(50)64)41-28-30-55-49(34-41)45-16-5-8-20-53(45)63(55)57-22-11-19-48-47-18-7-10-23-58(47)65-59(48)57/h2*1-36H. The molecule has 0 unspecified atom stereocenters. The summed E-state index contributed by atoms with van der Waals surface area (Å²) in [6.45, 7) is 0. The summed E-state index contributed by atoms with van der Waals surface area (Å²) in [6, 6.07) is 157. The lowest BCUT2D eigenvalue weighted by Gasteiger charge is -2.13. The van der Waals surface area contributed by atoms with Crippen LogP contribution in [0.4, 0.5) is 0 Å². The van der Waals surface area contributed by atoms with Gasteiger partial charge in [-0.1, -0.05) is 291 Å². The molecule has 0 bridgehead atoms. The third kappa shape index (κ3) is 11.9. The second-order valence-corrected chi connectivity index (χ2v) is 35.0. The Morgan fingerprint density at radius 2 is 0.500 bits per heavy atom. The first-order chi connectivity index (χ1) is 64.4. The maximum atomic E-state index is 6.20. The zero-order valence-electron chi connectivity index (χ0n) is 70.0. The number of benzene rings is 20. The van der Waals surface area contributed by atoms with Gasteiger partial charge in [-0.05, 0) is 211 Å². The van der Waals surface area contributed by atoms with E-state index in [1.807, 2.05) is 23.5 Å². The summed E-state index contributed by atoms with van der Waals surface area (Å²) in [6.07, 6.45) is 0. The second kappa shape index (κ2) is 29.2. The van der Waals surface area contributed by atoms with Crippen molar-refractivity contribution in [1.29, 1.82) is 0 Å². The van der Waals surface area contributed by atoms with Crippen molar-refractivity contribution < 1.29 is 4.42 Å². The van der Waals surface area contributed by atoms with Crippen LogP contribution in [0.3, 0.4) is 0 Å². The Kier molecular flexibility index (Phi) is 16.4. The molecule has 9 nitrogen and oxygen atoms in total. The highest BCUT2D eigenvalue weighted by molar-refractivity contribution is 7.26. The van der Waals surface area contributed by atoms with Gasteiger partial charge in [-0.3, -0.25) is 9.13 Å². The Balaban J connectivity index is 0.000000134. The lowest BCUT2D eigenvalue weighted by Crippen LogP contribution is -2.04. The zero-order valence-corrected chi connectivity index (χ0v) is 70.8. The zero-order chi connectivity index (χ0) is 85.2. The van der Waals surface area contributed by atoms with Crippen molar-refractivity contribution in [1.82, 2.24) is 38.2 Å². The van der Waals surface area contributed by atoms with E-state index in [4.69, 9.17) is 24.4 Å². The van der Waals surface area contributed by atoms with Crippen LogP contribution in [0.2, 0.25) is 0 Å². The molecule has 130 heavy (non-hydrogen) atoms. The van der Waals surface area contributed by atoms with E-state index in [1.165, 1.54) is 113 Å². The molecule has 0 aliphatic carbocycles. The van der Waals surface area contributed by atoms with Crippen LogP contribution < -0.4 is 0 Å². The highest BCUT2D eigenvalue weighted by atomic mass is 32.1. The van der Waals surface area contributed by atoms with Gasteiger partial charge >= 0.3 is 0 Å². The van der Waals surface area contributed by atoms with E-state index in [0.29, 0.717) is 11.9 Å². The van der Waals surface area contributed by atoms with Crippen LogP contribution in [0, 0.1) is 0 Å². The summed E-state index contributed by atoms with van der Waals surface area (Å²) in [5.74, 6) is 1.27. The van der Waals surface area contributed by atoms with Gasteiger partial charge in [0.25, 0.3) is 0 Å². The average molecular weight is 1670 g/mol. The molecular formula is C120H72N8OS. The molecule has 10 heteroatoms. The first-order valence-electron chi connectivity index (χ1n) is 44.1. The lowest BCUT2D eigenvalue weighted by atomic mass is 10.0. The number of hydrogen-bond acceptors (Lipinski definition) is 6. The van der Waals surface area contributed by atoms with E-state index in [0.717, 1.165) is 138 Å². The Hall–Kier alpha value is -17.2. The number of para-hydroxylation sites is 5. The largest absolute Gasteiger partial charge is 0.456 e. The van der Waals surface area contributed by atoms with E-state index in [2.05, 4.69) is 443 Å². The van der Waals surface area contributed by atoms with E-state index in [1.54, 1.807) is 0 Å². The van der Waals surface area contributed by atoms with Gasteiger partial charge < -0.3 is 13.6 Å². The summed E-state index contributed by atoms with van der Waals surface area (Å²) in [7, 11) is 0. The minimum Gasteiger partial charge on any atom is -0.456 e. The topological polar surface area (TPSA) is 84.4 Å².